The number of aliphatic imine (C=N–C) groups is 1. The van der Waals surface area contributed by atoms with Crippen molar-refractivity contribution in [3.63, 3.8) is 0 Å². The van der Waals surface area contributed by atoms with Gasteiger partial charge in [0.2, 0.25) is 0 Å². The molecule has 0 bridgehead atoms. The molecular formula is C25H33N5. The SMILES string of the molecule is CN=C(NCc1ccc(N2CC=CC2)cc1)NC(C)c1cccc(N2CCCC2)c1. The van der Waals surface area contributed by atoms with Gasteiger partial charge in [-0.3, -0.25) is 4.99 Å². The van der Waals surface area contributed by atoms with Gasteiger partial charge in [-0.25, -0.2) is 0 Å². The topological polar surface area (TPSA) is 42.9 Å². The van der Waals surface area contributed by atoms with Crippen molar-refractivity contribution in [3.05, 3.63) is 71.8 Å². The fourth-order valence-corrected chi connectivity index (χ4v) is 4.15. The van der Waals surface area contributed by atoms with Crippen LogP contribution in [0.4, 0.5) is 11.4 Å². The summed E-state index contributed by atoms with van der Waals surface area (Å²) in [6.45, 7) is 7.28. The van der Waals surface area contributed by atoms with Crippen molar-refractivity contribution in [2.45, 2.75) is 32.4 Å². The molecule has 5 nitrogen and oxygen atoms in total. The lowest BCUT2D eigenvalue weighted by molar-refractivity contribution is 0.685. The Hall–Kier alpha value is -2.95. The standard InChI is InChI=1S/C25H33N5/c1-20(22-8-7-9-24(18-22)30-16-5-6-17-30)28-25(26-2)27-19-21-10-12-23(13-11-21)29-14-3-4-15-29/h3-4,7-13,18,20H,5-6,14-17,19H2,1-2H3,(H2,26,27,28). The van der Waals surface area contributed by atoms with Crippen LogP contribution in [0.3, 0.4) is 0 Å². The predicted octanol–water partition coefficient (Wildman–Crippen LogP) is 4.09. The molecule has 30 heavy (non-hydrogen) atoms. The predicted molar refractivity (Wildman–Crippen MR) is 127 cm³/mol. The Kier molecular flexibility index (Phi) is 6.57. The van der Waals surface area contributed by atoms with Gasteiger partial charge in [0.05, 0.1) is 6.04 Å². The van der Waals surface area contributed by atoms with E-state index in [1.807, 2.05) is 7.05 Å². The summed E-state index contributed by atoms with van der Waals surface area (Å²) in [5.41, 5.74) is 5.14. The number of guanidine groups is 1. The maximum Gasteiger partial charge on any atom is 0.191 e. The summed E-state index contributed by atoms with van der Waals surface area (Å²) in [6, 6.07) is 17.8. The quantitative estimate of drug-likeness (QED) is 0.433. The van der Waals surface area contributed by atoms with E-state index in [2.05, 4.69) is 93.0 Å². The number of benzene rings is 2. The second kappa shape index (κ2) is 9.70. The van der Waals surface area contributed by atoms with Crippen LogP contribution in [0, 0.1) is 0 Å². The number of rotatable bonds is 6. The first-order valence-corrected chi connectivity index (χ1v) is 11.0. The van der Waals surface area contributed by atoms with E-state index in [1.54, 1.807) is 0 Å². The minimum atomic E-state index is 0.184. The average molecular weight is 404 g/mol. The highest BCUT2D eigenvalue weighted by Crippen LogP contribution is 2.24. The summed E-state index contributed by atoms with van der Waals surface area (Å²) in [5.74, 6) is 0.821. The molecule has 2 aromatic rings. The second-order valence-corrected chi connectivity index (χ2v) is 8.12. The van der Waals surface area contributed by atoms with Crippen molar-refractivity contribution in [2.24, 2.45) is 4.99 Å². The molecule has 1 atom stereocenters. The number of hydrogen-bond donors (Lipinski definition) is 2. The van der Waals surface area contributed by atoms with Gasteiger partial charge >= 0.3 is 0 Å². The van der Waals surface area contributed by atoms with Crippen LogP contribution in [0.5, 0.6) is 0 Å². The minimum Gasteiger partial charge on any atom is -0.372 e. The normalized spacial score (nSPS) is 17.5. The van der Waals surface area contributed by atoms with E-state index in [4.69, 9.17) is 0 Å². The molecule has 2 aliphatic heterocycles. The molecule has 0 spiro atoms. The van der Waals surface area contributed by atoms with Crippen LogP contribution < -0.4 is 20.4 Å². The van der Waals surface area contributed by atoms with Crippen molar-refractivity contribution >= 4 is 17.3 Å². The lowest BCUT2D eigenvalue weighted by Crippen LogP contribution is -2.38. The Morgan fingerprint density at radius 2 is 1.70 bits per heavy atom. The van der Waals surface area contributed by atoms with Gasteiger partial charge in [-0.1, -0.05) is 36.4 Å². The molecule has 0 aliphatic carbocycles. The molecule has 2 N–H and O–H groups in total. The van der Waals surface area contributed by atoms with Crippen molar-refractivity contribution in [2.75, 3.05) is 43.0 Å². The maximum absolute atomic E-state index is 4.42. The molecular weight excluding hydrogens is 370 g/mol. The largest absolute Gasteiger partial charge is 0.372 e. The third-order valence-corrected chi connectivity index (χ3v) is 6.00. The monoisotopic (exact) mass is 403 g/mol. The highest BCUT2D eigenvalue weighted by molar-refractivity contribution is 5.80. The molecule has 4 rings (SSSR count). The number of nitrogens with zero attached hydrogens (tertiary/aromatic N) is 3. The highest BCUT2D eigenvalue weighted by atomic mass is 15.2. The maximum atomic E-state index is 4.42. The summed E-state index contributed by atoms with van der Waals surface area (Å²) in [7, 11) is 1.83. The zero-order valence-electron chi connectivity index (χ0n) is 18.1. The van der Waals surface area contributed by atoms with Gasteiger partial charge in [-0.2, -0.15) is 0 Å². The molecule has 0 amide bonds. The Morgan fingerprint density at radius 1 is 0.967 bits per heavy atom. The van der Waals surface area contributed by atoms with Crippen LogP contribution in [0.25, 0.3) is 0 Å². The molecule has 0 radical (unpaired) electrons. The van der Waals surface area contributed by atoms with Gasteiger partial charge in [0.25, 0.3) is 0 Å². The Bertz CT molecular complexity index is 873. The van der Waals surface area contributed by atoms with Gasteiger partial charge < -0.3 is 20.4 Å². The Balaban J connectivity index is 1.31. The van der Waals surface area contributed by atoms with Crippen molar-refractivity contribution in [1.29, 1.82) is 0 Å². The van der Waals surface area contributed by atoms with Gasteiger partial charge in [-0.05, 0) is 55.2 Å². The van der Waals surface area contributed by atoms with E-state index in [0.29, 0.717) is 0 Å². The lowest BCUT2D eigenvalue weighted by Gasteiger charge is -2.22. The molecule has 2 aliphatic rings. The van der Waals surface area contributed by atoms with Crippen molar-refractivity contribution in [3.8, 4) is 0 Å². The molecule has 2 heterocycles. The lowest BCUT2D eigenvalue weighted by atomic mass is 10.1. The van der Waals surface area contributed by atoms with E-state index in [9.17, 15) is 0 Å². The summed E-state index contributed by atoms with van der Waals surface area (Å²) in [5, 5.41) is 6.98. The van der Waals surface area contributed by atoms with Crippen LogP contribution in [0.2, 0.25) is 0 Å². The molecule has 1 saturated heterocycles. The van der Waals surface area contributed by atoms with Crippen LogP contribution in [0.15, 0.2) is 65.7 Å². The Morgan fingerprint density at radius 3 is 2.40 bits per heavy atom. The average Bonchev–Trinajstić information content (AvgIpc) is 3.51. The third kappa shape index (κ3) is 4.96. The van der Waals surface area contributed by atoms with E-state index >= 15 is 0 Å². The van der Waals surface area contributed by atoms with Crippen LogP contribution in [-0.2, 0) is 6.54 Å². The van der Waals surface area contributed by atoms with E-state index in [-0.39, 0.29) is 6.04 Å². The summed E-state index contributed by atoms with van der Waals surface area (Å²) < 4.78 is 0. The van der Waals surface area contributed by atoms with Crippen molar-refractivity contribution < 1.29 is 0 Å². The minimum absolute atomic E-state index is 0.184. The highest BCUT2D eigenvalue weighted by Gasteiger charge is 2.14. The fraction of sp³-hybridized carbons (Fsp3) is 0.400. The first-order valence-electron chi connectivity index (χ1n) is 11.0. The van der Waals surface area contributed by atoms with Crippen LogP contribution in [-0.4, -0.2) is 39.2 Å². The summed E-state index contributed by atoms with van der Waals surface area (Å²) in [4.78, 5) is 9.25. The number of nitrogens with one attached hydrogen (secondary N) is 2. The molecule has 1 fully saturated rings. The first-order chi connectivity index (χ1) is 14.7. The molecule has 0 aromatic heterocycles. The van der Waals surface area contributed by atoms with E-state index in [1.165, 1.54) is 48.4 Å². The number of anilines is 2. The van der Waals surface area contributed by atoms with Crippen LogP contribution in [0.1, 0.15) is 36.9 Å². The van der Waals surface area contributed by atoms with Gasteiger partial charge in [0, 0.05) is 51.1 Å². The third-order valence-electron chi connectivity index (χ3n) is 6.00. The Labute approximate surface area is 180 Å². The molecule has 0 saturated carbocycles. The van der Waals surface area contributed by atoms with E-state index < -0.39 is 0 Å². The van der Waals surface area contributed by atoms with Gasteiger partial charge in [-0.15, -0.1) is 0 Å². The fourth-order valence-electron chi connectivity index (χ4n) is 4.15. The molecule has 1 unspecified atom stereocenters. The zero-order chi connectivity index (χ0) is 20.8. The summed E-state index contributed by atoms with van der Waals surface area (Å²) in [6.07, 6.45) is 7.02. The smallest absolute Gasteiger partial charge is 0.191 e. The first kappa shape index (κ1) is 20.3. The van der Waals surface area contributed by atoms with Gasteiger partial charge in [0.15, 0.2) is 5.96 Å². The number of hydrogen-bond acceptors (Lipinski definition) is 3. The van der Waals surface area contributed by atoms with E-state index in [0.717, 1.165) is 25.6 Å². The molecule has 5 heteroatoms. The molecule has 2 aromatic carbocycles. The zero-order valence-corrected chi connectivity index (χ0v) is 18.1. The second-order valence-electron chi connectivity index (χ2n) is 8.12. The summed E-state index contributed by atoms with van der Waals surface area (Å²) >= 11 is 0. The van der Waals surface area contributed by atoms with Crippen LogP contribution >= 0.6 is 0 Å². The molecule has 158 valence electrons. The van der Waals surface area contributed by atoms with Gasteiger partial charge in [0.1, 0.15) is 0 Å². The van der Waals surface area contributed by atoms with Crippen molar-refractivity contribution in [1.82, 2.24) is 10.6 Å².